The predicted molar refractivity (Wildman–Crippen MR) is 60.6 cm³/mol. The van der Waals surface area contributed by atoms with Crippen molar-refractivity contribution in [2.75, 3.05) is 0 Å². The van der Waals surface area contributed by atoms with Gasteiger partial charge in [0.05, 0.1) is 0 Å². The van der Waals surface area contributed by atoms with Gasteiger partial charge in [0.25, 0.3) is 0 Å². The van der Waals surface area contributed by atoms with Crippen LogP contribution in [0.3, 0.4) is 0 Å². The van der Waals surface area contributed by atoms with Crippen LogP contribution in [0.2, 0.25) is 0 Å². The van der Waals surface area contributed by atoms with Crippen molar-refractivity contribution >= 4 is 12.0 Å². The molecule has 1 atom stereocenters. The number of nitrogens with one attached hydrogen (secondary N) is 2. The number of alkyl halides is 3. The van der Waals surface area contributed by atoms with Gasteiger partial charge >= 0.3 is 18.2 Å². The van der Waals surface area contributed by atoms with Gasteiger partial charge < -0.3 is 15.7 Å². The Kier molecular flexibility index (Phi) is 4.02. The largest absolute Gasteiger partial charge is 0.479 e. The van der Waals surface area contributed by atoms with E-state index in [4.69, 9.17) is 5.11 Å². The molecular weight excluding hydrogens is 265 g/mol. The van der Waals surface area contributed by atoms with Crippen molar-refractivity contribution in [3.63, 3.8) is 0 Å². The number of hydrogen-bond donors (Lipinski definition) is 3. The molecule has 1 aliphatic carbocycles. The molecule has 1 rings (SSSR count). The number of halogens is 3. The van der Waals surface area contributed by atoms with Crippen molar-refractivity contribution in [1.82, 2.24) is 10.6 Å². The van der Waals surface area contributed by atoms with Gasteiger partial charge in [-0.15, -0.1) is 0 Å². The highest BCUT2D eigenvalue weighted by molar-refractivity contribution is 5.87. The van der Waals surface area contributed by atoms with E-state index in [0.29, 0.717) is 19.8 Å². The lowest BCUT2D eigenvalue weighted by atomic mass is 10.0. The van der Waals surface area contributed by atoms with E-state index in [1.807, 2.05) is 0 Å². The Hall–Kier alpha value is -1.47. The molecule has 8 heteroatoms. The van der Waals surface area contributed by atoms with E-state index >= 15 is 0 Å². The molecule has 0 aromatic carbocycles. The molecule has 0 bridgehead atoms. The molecule has 0 spiro atoms. The van der Waals surface area contributed by atoms with Gasteiger partial charge in [-0.05, 0) is 26.7 Å². The highest BCUT2D eigenvalue weighted by Gasteiger charge is 2.58. The fraction of sp³-hybridized carbons (Fsp3) is 0.818. The summed E-state index contributed by atoms with van der Waals surface area (Å²) < 4.78 is 38.1. The number of carboxylic acids is 1. The van der Waals surface area contributed by atoms with Crippen molar-refractivity contribution in [2.24, 2.45) is 0 Å². The highest BCUT2D eigenvalue weighted by atomic mass is 19.4. The zero-order chi connectivity index (χ0) is 14.9. The average Bonchev–Trinajstić information content (AvgIpc) is 2.62. The van der Waals surface area contributed by atoms with Crippen LogP contribution in [-0.4, -0.2) is 34.4 Å². The van der Waals surface area contributed by atoms with Gasteiger partial charge in [0.15, 0.2) is 0 Å². The van der Waals surface area contributed by atoms with Crippen LogP contribution in [0.15, 0.2) is 0 Å². The van der Waals surface area contributed by atoms with E-state index in [2.05, 4.69) is 5.32 Å². The van der Waals surface area contributed by atoms with Crippen LogP contribution in [0.4, 0.5) is 18.0 Å². The van der Waals surface area contributed by atoms with Crippen LogP contribution < -0.4 is 10.6 Å². The third kappa shape index (κ3) is 3.30. The Bertz CT molecular complexity index is 378. The molecule has 1 saturated carbocycles. The molecule has 110 valence electrons. The second kappa shape index (κ2) is 4.90. The normalized spacial score (nSPS) is 21.5. The van der Waals surface area contributed by atoms with Crippen molar-refractivity contribution in [3.8, 4) is 0 Å². The van der Waals surface area contributed by atoms with E-state index in [1.54, 1.807) is 6.92 Å². The molecule has 1 aliphatic rings. The highest BCUT2D eigenvalue weighted by Crippen LogP contribution is 2.31. The Labute approximate surface area is 108 Å². The number of carboxylic acid groups (broad SMARTS) is 1. The van der Waals surface area contributed by atoms with Crippen LogP contribution in [0.5, 0.6) is 0 Å². The summed E-state index contributed by atoms with van der Waals surface area (Å²) in [4.78, 5) is 22.3. The molecule has 0 aliphatic heterocycles. The van der Waals surface area contributed by atoms with Gasteiger partial charge in [0.1, 0.15) is 0 Å². The van der Waals surface area contributed by atoms with Crippen LogP contribution >= 0.6 is 0 Å². The van der Waals surface area contributed by atoms with Crippen molar-refractivity contribution in [1.29, 1.82) is 0 Å². The average molecular weight is 282 g/mol. The Morgan fingerprint density at radius 3 is 2.05 bits per heavy atom. The second-order valence-electron chi connectivity index (χ2n) is 5.27. The first-order valence-electron chi connectivity index (χ1n) is 5.91. The summed E-state index contributed by atoms with van der Waals surface area (Å²) in [6.07, 6.45) is -1.99. The third-order valence-electron chi connectivity index (χ3n) is 3.48. The number of amides is 2. The maximum absolute atomic E-state index is 12.7. The number of carbonyl (C=O) groups excluding carboxylic acids is 1. The Balaban J connectivity index is 2.76. The van der Waals surface area contributed by atoms with Gasteiger partial charge in [-0.2, -0.15) is 13.2 Å². The van der Waals surface area contributed by atoms with Gasteiger partial charge in [-0.3, -0.25) is 0 Å². The summed E-state index contributed by atoms with van der Waals surface area (Å²) in [6.45, 7) is 2.15. The SMILES string of the molecule is CC1(NC(=O)NC(C)(C(=O)O)C(F)(F)F)CCCC1. The first-order valence-corrected chi connectivity index (χ1v) is 5.91. The first kappa shape index (κ1) is 15.6. The quantitative estimate of drug-likeness (QED) is 0.741. The first-order chi connectivity index (χ1) is 8.50. The molecule has 0 aromatic heterocycles. The van der Waals surface area contributed by atoms with E-state index in [-0.39, 0.29) is 0 Å². The summed E-state index contributed by atoms with van der Waals surface area (Å²) in [5, 5.41) is 12.6. The Morgan fingerprint density at radius 2 is 1.68 bits per heavy atom. The Morgan fingerprint density at radius 1 is 1.21 bits per heavy atom. The standard InChI is InChI=1S/C11H17F3N2O3/c1-9(5-3-4-6-9)15-8(19)16-10(2,7(17)18)11(12,13)14/h3-6H2,1-2H3,(H,17,18)(H2,15,16,19). The summed E-state index contributed by atoms with van der Waals surface area (Å²) in [5.74, 6) is -2.15. The number of hydrogen-bond acceptors (Lipinski definition) is 2. The lowest BCUT2D eigenvalue weighted by Crippen LogP contribution is -2.65. The monoisotopic (exact) mass is 282 g/mol. The minimum absolute atomic E-state index is 0.423. The number of urea groups is 1. The molecule has 0 saturated heterocycles. The number of carbonyl (C=O) groups is 2. The molecule has 1 unspecified atom stereocenters. The minimum atomic E-state index is -5.08. The van der Waals surface area contributed by atoms with Crippen molar-refractivity contribution < 1.29 is 27.9 Å². The summed E-state index contributed by atoms with van der Waals surface area (Å²) in [5.41, 5.74) is -3.87. The molecule has 1 fully saturated rings. The van der Waals surface area contributed by atoms with Crippen LogP contribution in [-0.2, 0) is 4.79 Å². The van der Waals surface area contributed by atoms with Crippen LogP contribution in [0.1, 0.15) is 39.5 Å². The van der Waals surface area contributed by atoms with Gasteiger partial charge in [-0.25, -0.2) is 9.59 Å². The van der Waals surface area contributed by atoms with Gasteiger partial charge in [-0.1, -0.05) is 12.8 Å². The van der Waals surface area contributed by atoms with E-state index in [1.165, 1.54) is 5.32 Å². The summed E-state index contributed by atoms with van der Waals surface area (Å²) in [6, 6.07) is -1.12. The third-order valence-corrected chi connectivity index (χ3v) is 3.48. The fourth-order valence-electron chi connectivity index (χ4n) is 2.06. The molecule has 0 radical (unpaired) electrons. The molecular formula is C11H17F3N2O3. The van der Waals surface area contributed by atoms with E-state index < -0.39 is 29.3 Å². The minimum Gasteiger partial charge on any atom is -0.479 e. The molecule has 3 N–H and O–H groups in total. The van der Waals surface area contributed by atoms with Crippen LogP contribution in [0.25, 0.3) is 0 Å². The predicted octanol–water partition coefficient (Wildman–Crippen LogP) is 2.02. The summed E-state index contributed by atoms with van der Waals surface area (Å²) in [7, 11) is 0. The zero-order valence-corrected chi connectivity index (χ0v) is 10.7. The lowest BCUT2D eigenvalue weighted by Gasteiger charge is -2.31. The maximum Gasteiger partial charge on any atom is 0.422 e. The second-order valence-corrected chi connectivity index (χ2v) is 5.27. The number of aliphatic carboxylic acids is 1. The van der Waals surface area contributed by atoms with E-state index in [9.17, 15) is 22.8 Å². The molecule has 19 heavy (non-hydrogen) atoms. The molecule has 0 heterocycles. The van der Waals surface area contributed by atoms with Crippen molar-refractivity contribution in [2.45, 2.75) is 56.8 Å². The smallest absolute Gasteiger partial charge is 0.422 e. The fourth-order valence-corrected chi connectivity index (χ4v) is 2.06. The number of rotatable bonds is 3. The summed E-state index contributed by atoms with van der Waals surface area (Å²) >= 11 is 0. The zero-order valence-electron chi connectivity index (χ0n) is 10.7. The van der Waals surface area contributed by atoms with E-state index in [0.717, 1.165) is 12.8 Å². The molecule has 5 nitrogen and oxygen atoms in total. The van der Waals surface area contributed by atoms with Crippen LogP contribution in [0, 0.1) is 0 Å². The van der Waals surface area contributed by atoms with Crippen molar-refractivity contribution in [3.05, 3.63) is 0 Å². The van der Waals surface area contributed by atoms with Gasteiger partial charge in [0.2, 0.25) is 5.54 Å². The lowest BCUT2D eigenvalue weighted by molar-refractivity contribution is -0.203. The topological polar surface area (TPSA) is 78.4 Å². The molecule has 0 aromatic rings. The van der Waals surface area contributed by atoms with Gasteiger partial charge in [0, 0.05) is 5.54 Å². The molecule has 2 amide bonds. The maximum atomic E-state index is 12.7.